The number of nitrogens with zero attached hydrogens (tertiary/aromatic N) is 2. The SMILES string of the molecule is O=C(CCNS(=O)(=O)c1ccc2c(c1)CCCC2)N1CCCN(Cc2ccccc2F)CC1. The monoisotopic (exact) mass is 473 g/mol. The van der Waals surface area contributed by atoms with Crippen LogP contribution >= 0.6 is 0 Å². The number of carbonyl (C=O) groups is 1. The third kappa shape index (κ3) is 6.19. The fourth-order valence-corrected chi connectivity index (χ4v) is 5.74. The summed E-state index contributed by atoms with van der Waals surface area (Å²) >= 11 is 0. The molecule has 1 aliphatic carbocycles. The van der Waals surface area contributed by atoms with Gasteiger partial charge >= 0.3 is 0 Å². The molecule has 8 heteroatoms. The van der Waals surface area contributed by atoms with Crippen LogP contribution in [0.25, 0.3) is 0 Å². The first-order valence-electron chi connectivity index (χ1n) is 11.8. The fourth-order valence-electron chi connectivity index (χ4n) is 4.66. The Morgan fingerprint density at radius 3 is 2.55 bits per heavy atom. The van der Waals surface area contributed by atoms with E-state index in [2.05, 4.69) is 9.62 Å². The lowest BCUT2D eigenvalue weighted by molar-refractivity contribution is -0.130. The Kier molecular flexibility index (Phi) is 7.78. The molecule has 1 heterocycles. The highest BCUT2D eigenvalue weighted by Crippen LogP contribution is 2.24. The second-order valence-corrected chi connectivity index (χ2v) is 10.7. The lowest BCUT2D eigenvalue weighted by Gasteiger charge is -2.22. The highest BCUT2D eigenvalue weighted by atomic mass is 32.2. The molecule has 1 aliphatic heterocycles. The molecule has 4 rings (SSSR count). The summed E-state index contributed by atoms with van der Waals surface area (Å²) in [6.45, 7) is 3.25. The van der Waals surface area contributed by atoms with E-state index < -0.39 is 10.0 Å². The minimum atomic E-state index is -3.64. The largest absolute Gasteiger partial charge is 0.341 e. The first-order chi connectivity index (χ1) is 15.9. The molecule has 0 unspecified atom stereocenters. The van der Waals surface area contributed by atoms with Gasteiger partial charge in [0.25, 0.3) is 0 Å². The molecule has 2 aromatic rings. The normalized spacial score (nSPS) is 17.4. The van der Waals surface area contributed by atoms with Crippen molar-refractivity contribution in [2.75, 3.05) is 32.7 Å². The zero-order valence-electron chi connectivity index (χ0n) is 18.9. The Bertz CT molecular complexity index is 1090. The summed E-state index contributed by atoms with van der Waals surface area (Å²) in [5, 5.41) is 0. The number of fused-ring (bicyclic) bond motifs is 1. The number of hydrogen-bond acceptors (Lipinski definition) is 4. The second kappa shape index (κ2) is 10.8. The number of rotatable bonds is 7. The van der Waals surface area contributed by atoms with Crippen LogP contribution in [0.3, 0.4) is 0 Å². The van der Waals surface area contributed by atoms with Gasteiger partial charge in [-0.25, -0.2) is 17.5 Å². The average Bonchev–Trinajstić information content (AvgIpc) is 3.06. The van der Waals surface area contributed by atoms with E-state index in [0.717, 1.165) is 44.2 Å². The van der Waals surface area contributed by atoms with Gasteiger partial charge < -0.3 is 4.90 Å². The van der Waals surface area contributed by atoms with Crippen LogP contribution in [0, 0.1) is 5.82 Å². The standard InChI is InChI=1S/C25H32FN3O3S/c26-24-9-4-3-8-22(24)19-28-14-5-15-29(17-16-28)25(30)12-13-27-33(31,32)23-11-10-20-6-1-2-7-21(20)18-23/h3-4,8-11,18,27H,1-2,5-7,12-17,19H2. The third-order valence-electron chi connectivity index (χ3n) is 6.55. The van der Waals surface area contributed by atoms with E-state index in [1.54, 1.807) is 29.2 Å². The lowest BCUT2D eigenvalue weighted by Crippen LogP contribution is -2.37. The lowest BCUT2D eigenvalue weighted by atomic mass is 9.92. The summed E-state index contributed by atoms with van der Waals surface area (Å²) in [6.07, 6.45) is 5.09. The van der Waals surface area contributed by atoms with Crippen LogP contribution < -0.4 is 4.72 Å². The van der Waals surface area contributed by atoms with Crippen molar-refractivity contribution in [1.29, 1.82) is 0 Å². The van der Waals surface area contributed by atoms with Crippen LogP contribution in [0.2, 0.25) is 0 Å². The minimum absolute atomic E-state index is 0.0594. The van der Waals surface area contributed by atoms with Gasteiger partial charge in [-0.3, -0.25) is 9.69 Å². The van der Waals surface area contributed by atoms with E-state index in [0.29, 0.717) is 31.7 Å². The predicted octanol–water partition coefficient (Wildman–Crippen LogP) is 3.11. The molecule has 2 aliphatic rings. The van der Waals surface area contributed by atoms with Crippen molar-refractivity contribution >= 4 is 15.9 Å². The van der Waals surface area contributed by atoms with Crippen molar-refractivity contribution in [2.24, 2.45) is 0 Å². The highest BCUT2D eigenvalue weighted by Gasteiger charge is 2.21. The first kappa shape index (κ1) is 23.9. The molecule has 1 saturated heterocycles. The van der Waals surface area contributed by atoms with Crippen LogP contribution in [0.5, 0.6) is 0 Å². The van der Waals surface area contributed by atoms with Gasteiger partial charge in [0.05, 0.1) is 4.90 Å². The van der Waals surface area contributed by atoms with E-state index in [9.17, 15) is 17.6 Å². The summed E-state index contributed by atoms with van der Waals surface area (Å²) in [5.41, 5.74) is 3.01. The molecule has 0 saturated carbocycles. The number of carbonyl (C=O) groups excluding carboxylic acids is 1. The van der Waals surface area contributed by atoms with Crippen molar-refractivity contribution in [3.63, 3.8) is 0 Å². The zero-order valence-corrected chi connectivity index (χ0v) is 19.7. The molecule has 0 aromatic heterocycles. The Hall–Kier alpha value is -2.29. The van der Waals surface area contributed by atoms with Gasteiger partial charge in [-0.2, -0.15) is 0 Å². The van der Waals surface area contributed by atoms with Crippen LogP contribution in [-0.2, 0) is 34.2 Å². The van der Waals surface area contributed by atoms with Crippen molar-refractivity contribution in [3.8, 4) is 0 Å². The number of halogens is 1. The number of hydrogen-bond donors (Lipinski definition) is 1. The van der Waals surface area contributed by atoms with Crippen molar-refractivity contribution < 1.29 is 17.6 Å². The van der Waals surface area contributed by atoms with Gasteiger partial charge in [0.1, 0.15) is 5.82 Å². The summed E-state index contributed by atoms with van der Waals surface area (Å²) < 4.78 is 41.9. The molecule has 1 amide bonds. The Morgan fingerprint density at radius 2 is 1.73 bits per heavy atom. The number of aryl methyl sites for hydroxylation is 2. The Balaban J connectivity index is 1.26. The van der Waals surface area contributed by atoms with Crippen LogP contribution in [-0.4, -0.2) is 56.8 Å². The molecule has 0 bridgehead atoms. The van der Waals surface area contributed by atoms with Crippen molar-refractivity contribution in [2.45, 2.75) is 50.0 Å². The molecule has 2 aromatic carbocycles. The minimum Gasteiger partial charge on any atom is -0.341 e. The summed E-state index contributed by atoms with van der Waals surface area (Å²) in [4.78, 5) is 16.9. The van der Waals surface area contributed by atoms with Crippen LogP contribution in [0.4, 0.5) is 4.39 Å². The van der Waals surface area contributed by atoms with Crippen LogP contribution in [0.15, 0.2) is 47.4 Å². The quantitative estimate of drug-likeness (QED) is 0.671. The van der Waals surface area contributed by atoms with Crippen molar-refractivity contribution in [3.05, 3.63) is 65.0 Å². The maximum absolute atomic E-state index is 13.9. The molecule has 1 N–H and O–H groups in total. The number of sulfonamides is 1. The molecule has 178 valence electrons. The molecular weight excluding hydrogens is 441 g/mol. The molecule has 0 spiro atoms. The van der Waals surface area contributed by atoms with Gasteiger partial charge in [0.2, 0.25) is 15.9 Å². The maximum atomic E-state index is 13.9. The summed E-state index contributed by atoms with van der Waals surface area (Å²) in [5.74, 6) is -0.267. The third-order valence-corrected chi connectivity index (χ3v) is 8.01. The summed E-state index contributed by atoms with van der Waals surface area (Å²) in [7, 11) is -3.64. The van der Waals surface area contributed by atoms with Crippen LogP contribution in [0.1, 0.15) is 42.4 Å². The summed E-state index contributed by atoms with van der Waals surface area (Å²) in [6, 6.07) is 12.1. The molecule has 0 atom stereocenters. The number of benzene rings is 2. The molecular formula is C25H32FN3O3S. The van der Waals surface area contributed by atoms with Gasteiger partial charge in [0, 0.05) is 51.3 Å². The van der Waals surface area contributed by atoms with Gasteiger partial charge in [-0.05, 0) is 61.4 Å². The van der Waals surface area contributed by atoms with E-state index >= 15 is 0 Å². The maximum Gasteiger partial charge on any atom is 0.240 e. The average molecular weight is 474 g/mol. The second-order valence-electron chi connectivity index (χ2n) is 8.89. The predicted molar refractivity (Wildman–Crippen MR) is 126 cm³/mol. The number of amides is 1. The molecule has 1 fully saturated rings. The molecule has 33 heavy (non-hydrogen) atoms. The zero-order chi connectivity index (χ0) is 23.3. The Morgan fingerprint density at radius 1 is 0.939 bits per heavy atom. The van der Waals surface area contributed by atoms with E-state index in [4.69, 9.17) is 0 Å². The number of nitrogens with one attached hydrogen (secondary N) is 1. The topological polar surface area (TPSA) is 69.7 Å². The van der Waals surface area contributed by atoms with Crippen molar-refractivity contribution in [1.82, 2.24) is 14.5 Å². The van der Waals surface area contributed by atoms with Gasteiger partial charge in [-0.15, -0.1) is 0 Å². The first-order valence-corrected chi connectivity index (χ1v) is 13.3. The molecule has 6 nitrogen and oxygen atoms in total. The fraction of sp³-hybridized carbons (Fsp3) is 0.480. The van der Waals surface area contributed by atoms with E-state index in [-0.39, 0.29) is 29.6 Å². The molecule has 0 radical (unpaired) electrons. The van der Waals surface area contributed by atoms with E-state index in [1.165, 1.54) is 11.6 Å². The van der Waals surface area contributed by atoms with E-state index in [1.807, 2.05) is 12.1 Å². The van der Waals surface area contributed by atoms with Gasteiger partial charge in [-0.1, -0.05) is 24.3 Å². The van der Waals surface area contributed by atoms with Gasteiger partial charge in [0.15, 0.2) is 0 Å². The Labute approximate surface area is 195 Å². The smallest absolute Gasteiger partial charge is 0.240 e. The highest BCUT2D eigenvalue weighted by molar-refractivity contribution is 7.89.